The third-order valence-electron chi connectivity index (χ3n) is 1.36. The molecule has 0 unspecified atom stereocenters. The molecule has 1 aromatic rings. The average molecular weight is 206 g/mol. The number of hydrogen-bond acceptors (Lipinski definition) is 3. The van der Waals surface area contributed by atoms with Crippen LogP contribution >= 0.6 is 12.6 Å². The quantitative estimate of drug-likeness (QED) is 0.766. The zero-order valence-corrected chi connectivity index (χ0v) is 7.72. The summed E-state index contributed by atoms with van der Waals surface area (Å²) in [5, 5.41) is 0. The van der Waals surface area contributed by atoms with Gasteiger partial charge in [0.2, 0.25) is 0 Å². The summed E-state index contributed by atoms with van der Waals surface area (Å²) in [5.74, 6) is 0.253. The molecule has 1 rings (SSSR count). The van der Waals surface area contributed by atoms with Gasteiger partial charge in [-0.3, -0.25) is 0 Å². The maximum Gasteiger partial charge on any atom is 0.387 e. The molecule has 0 radical (unpaired) electrons. The van der Waals surface area contributed by atoms with Crippen molar-refractivity contribution in [3.63, 3.8) is 0 Å². The third-order valence-corrected chi connectivity index (χ3v) is 1.64. The summed E-state index contributed by atoms with van der Waals surface area (Å²) >= 11 is 3.98. The maximum atomic E-state index is 11.9. The van der Waals surface area contributed by atoms with Gasteiger partial charge in [0.25, 0.3) is 0 Å². The molecule has 13 heavy (non-hydrogen) atoms. The van der Waals surface area contributed by atoms with Crippen molar-refractivity contribution in [3.8, 4) is 11.5 Å². The Balaban J connectivity index is 2.94. The second kappa shape index (κ2) is 4.32. The Morgan fingerprint density at radius 1 is 1.31 bits per heavy atom. The average Bonchev–Trinajstić information content (AvgIpc) is 2.03. The number of ether oxygens (including phenoxy) is 2. The Labute approximate surface area is 79.9 Å². The van der Waals surface area contributed by atoms with E-state index in [1.165, 1.54) is 19.2 Å². The molecule has 0 saturated heterocycles. The van der Waals surface area contributed by atoms with E-state index in [2.05, 4.69) is 17.4 Å². The summed E-state index contributed by atoms with van der Waals surface area (Å²) in [6.07, 6.45) is 0. The Morgan fingerprint density at radius 3 is 2.54 bits per heavy atom. The van der Waals surface area contributed by atoms with E-state index in [1.807, 2.05) is 0 Å². The number of alkyl halides is 2. The van der Waals surface area contributed by atoms with Gasteiger partial charge in [0.1, 0.15) is 0 Å². The number of methoxy groups -OCH3 is 1. The Hall–Kier alpha value is -0.970. The van der Waals surface area contributed by atoms with Gasteiger partial charge in [-0.1, -0.05) is 0 Å². The van der Waals surface area contributed by atoms with Crippen molar-refractivity contribution in [2.24, 2.45) is 0 Å². The molecule has 0 amide bonds. The summed E-state index contributed by atoms with van der Waals surface area (Å²) in [6, 6.07) is 4.51. The molecular weight excluding hydrogens is 198 g/mol. The highest BCUT2D eigenvalue weighted by Gasteiger charge is 2.09. The molecule has 0 aliphatic carbocycles. The van der Waals surface area contributed by atoms with Gasteiger partial charge in [-0.2, -0.15) is 8.78 Å². The molecule has 0 atom stereocenters. The predicted octanol–water partition coefficient (Wildman–Crippen LogP) is 2.59. The van der Waals surface area contributed by atoms with Crippen LogP contribution in [0.3, 0.4) is 0 Å². The summed E-state index contributed by atoms with van der Waals surface area (Å²) in [4.78, 5) is 0.538. The van der Waals surface area contributed by atoms with E-state index in [-0.39, 0.29) is 11.5 Å². The van der Waals surface area contributed by atoms with Gasteiger partial charge in [-0.25, -0.2) is 0 Å². The van der Waals surface area contributed by atoms with Gasteiger partial charge in [-0.15, -0.1) is 12.6 Å². The summed E-state index contributed by atoms with van der Waals surface area (Å²) < 4.78 is 32.8. The van der Waals surface area contributed by atoms with Crippen LogP contribution in [0.4, 0.5) is 8.78 Å². The van der Waals surface area contributed by atoms with E-state index in [9.17, 15) is 8.78 Å². The smallest absolute Gasteiger partial charge is 0.387 e. The van der Waals surface area contributed by atoms with Gasteiger partial charge in [0.15, 0.2) is 11.5 Å². The molecule has 0 bridgehead atoms. The highest BCUT2D eigenvalue weighted by atomic mass is 32.1. The van der Waals surface area contributed by atoms with Gasteiger partial charge < -0.3 is 9.47 Å². The van der Waals surface area contributed by atoms with Gasteiger partial charge >= 0.3 is 6.61 Å². The number of halogens is 2. The fraction of sp³-hybridized carbons (Fsp3) is 0.250. The molecule has 0 aliphatic rings. The molecule has 0 heterocycles. The molecule has 1 aromatic carbocycles. The molecule has 0 saturated carbocycles. The van der Waals surface area contributed by atoms with Crippen molar-refractivity contribution in [3.05, 3.63) is 18.2 Å². The Bertz CT molecular complexity index is 291. The van der Waals surface area contributed by atoms with Crippen LogP contribution in [0.25, 0.3) is 0 Å². The largest absolute Gasteiger partial charge is 0.493 e. The van der Waals surface area contributed by atoms with Crippen LogP contribution < -0.4 is 9.47 Å². The van der Waals surface area contributed by atoms with E-state index in [4.69, 9.17) is 4.74 Å². The lowest BCUT2D eigenvalue weighted by molar-refractivity contribution is -0.0513. The normalized spacial score (nSPS) is 10.2. The second-order valence-corrected chi connectivity index (χ2v) is 2.73. The van der Waals surface area contributed by atoms with Crippen molar-refractivity contribution in [2.45, 2.75) is 11.5 Å². The molecule has 5 heteroatoms. The van der Waals surface area contributed by atoms with Gasteiger partial charge in [0, 0.05) is 4.90 Å². The zero-order valence-electron chi connectivity index (χ0n) is 6.83. The summed E-state index contributed by atoms with van der Waals surface area (Å²) in [5.41, 5.74) is 0. The van der Waals surface area contributed by atoms with Crippen LogP contribution in [-0.4, -0.2) is 13.7 Å². The van der Waals surface area contributed by atoms with E-state index >= 15 is 0 Å². The predicted molar refractivity (Wildman–Crippen MR) is 46.9 cm³/mol. The van der Waals surface area contributed by atoms with Crippen LogP contribution in [0.2, 0.25) is 0 Å². The first-order chi connectivity index (χ1) is 6.13. The molecule has 0 aromatic heterocycles. The fourth-order valence-electron chi connectivity index (χ4n) is 0.853. The first-order valence-corrected chi connectivity index (χ1v) is 3.90. The highest BCUT2D eigenvalue weighted by molar-refractivity contribution is 7.80. The Morgan fingerprint density at radius 2 is 2.00 bits per heavy atom. The standard InChI is InChI=1S/C8H8F2O2S/c1-11-6-3-2-5(13)4-7(6)12-8(9)10/h2-4,8,13H,1H3. The van der Waals surface area contributed by atoms with Crippen molar-refractivity contribution in [1.29, 1.82) is 0 Å². The Kier molecular flexibility index (Phi) is 3.36. The van der Waals surface area contributed by atoms with Crippen LogP contribution in [0.15, 0.2) is 23.1 Å². The minimum atomic E-state index is -2.86. The number of benzene rings is 1. The maximum absolute atomic E-state index is 11.9. The zero-order chi connectivity index (χ0) is 9.84. The van der Waals surface area contributed by atoms with Crippen molar-refractivity contribution >= 4 is 12.6 Å². The number of rotatable bonds is 3. The number of hydrogen-bond donors (Lipinski definition) is 1. The molecule has 0 N–H and O–H groups in total. The lowest BCUT2D eigenvalue weighted by Crippen LogP contribution is -2.03. The van der Waals surface area contributed by atoms with Crippen molar-refractivity contribution in [1.82, 2.24) is 0 Å². The minimum Gasteiger partial charge on any atom is -0.493 e. The lowest BCUT2D eigenvalue weighted by atomic mass is 10.3. The van der Waals surface area contributed by atoms with Crippen molar-refractivity contribution in [2.75, 3.05) is 7.11 Å². The van der Waals surface area contributed by atoms with Gasteiger partial charge in [-0.05, 0) is 18.2 Å². The molecule has 0 spiro atoms. The van der Waals surface area contributed by atoms with Crippen LogP contribution in [0, 0.1) is 0 Å². The topological polar surface area (TPSA) is 18.5 Å². The minimum absolute atomic E-state index is 0.00926. The monoisotopic (exact) mass is 206 g/mol. The van der Waals surface area contributed by atoms with Crippen LogP contribution in [0.5, 0.6) is 11.5 Å². The summed E-state index contributed by atoms with van der Waals surface area (Å²) in [7, 11) is 1.38. The summed E-state index contributed by atoms with van der Waals surface area (Å²) in [6.45, 7) is -2.86. The van der Waals surface area contributed by atoms with Crippen molar-refractivity contribution < 1.29 is 18.3 Å². The number of thiol groups is 1. The lowest BCUT2D eigenvalue weighted by Gasteiger charge is -2.09. The van der Waals surface area contributed by atoms with Crippen LogP contribution in [-0.2, 0) is 0 Å². The van der Waals surface area contributed by atoms with E-state index in [1.54, 1.807) is 6.07 Å². The first kappa shape index (κ1) is 10.1. The van der Waals surface area contributed by atoms with Gasteiger partial charge in [0.05, 0.1) is 7.11 Å². The molecule has 0 fully saturated rings. The SMILES string of the molecule is COc1ccc(S)cc1OC(F)F. The van der Waals surface area contributed by atoms with E-state index < -0.39 is 6.61 Å². The second-order valence-electron chi connectivity index (χ2n) is 2.21. The third kappa shape index (κ3) is 2.77. The van der Waals surface area contributed by atoms with Crippen LogP contribution in [0.1, 0.15) is 0 Å². The van der Waals surface area contributed by atoms with E-state index in [0.29, 0.717) is 4.90 Å². The fourth-order valence-corrected chi connectivity index (χ4v) is 1.05. The molecule has 0 aliphatic heterocycles. The molecular formula is C8H8F2O2S. The molecule has 72 valence electrons. The first-order valence-electron chi connectivity index (χ1n) is 3.45. The van der Waals surface area contributed by atoms with E-state index in [0.717, 1.165) is 0 Å². The molecule has 2 nitrogen and oxygen atoms in total. The highest BCUT2D eigenvalue weighted by Crippen LogP contribution is 2.30.